The molecular weight excluding hydrogens is 729 g/mol. The second-order valence-corrected chi connectivity index (χ2v) is 16.5. The molecule has 2 aromatic heterocycles. The molecule has 3 heteroatoms. The van der Waals surface area contributed by atoms with E-state index < -0.39 is 0 Å². The smallest absolute Gasteiger partial charge is 0.137 e. The maximum atomic E-state index is 6.87. The first-order valence-corrected chi connectivity index (χ1v) is 20.8. The van der Waals surface area contributed by atoms with Gasteiger partial charge in [-0.05, 0) is 94.0 Å². The van der Waals surface area contributed by atoms with Crippen LogP contribution in [0.3, 0.4) is 0 Å². The highest BCUT2D eigenvalue weighted by molar-refractivity contribution is 6.16. The van der Waals surface area contributed by atoms with Crippen molar-refractivity contribution >= 4 is 60.8 Å². The van der Waals surface area contributed by atoms with Gasteiger partial charge in [0.25, 0.3) is 0 Å². The third kappa shape index (κ3) is 5.09. The lowest BCUT2D eigenvalue weighted by molar-refractivity contribution is 0.660. The predicted molar refractivity (Wildman–Crippen MR) is 251 cm³/mol. The highest BCUT2D eigenvalue weighted by atomic mass is 16.3. The Bertz CT molecular complexity index is 3460. The summed E-state index contributed by atoms with van der Waals surface area (Å²) in [5, 5.41) is 4.66. The summed E-state index contributed by atoms with van der Waals surface area (Å²) >= 11 is 0. The van der Waals surface area contributed by atoms with Crippen LogP contribution in [0, 0.1) is 0 Å². The highest BCUT2D eigenvalue weighted by Gasteiger charge is 2.38. The number of hydrogen-bond acceptors (Lipinski definition) is 2. The summed E-state index contributed by atoms with van der Waals surface area (Å²) in [6.45, 7) is 4.70. The number of aromatic nitrogens is 1. The Morgan fingerprint density at radius 3 is 1.88 bits per heavy atom. The van der Waals surface area contributed by atoms with E-state index in [9.17, 15) is 0 Å². The lowest BCUT2D eigenvalue weighted by atomic mass is 9.82. The molecule has 0 bridgehead atoms. The van der Waals surface area contributed by atoms with Gasteiger partial charge in [-0.1, -0.05) is 159 Å². The molecule has 0 N–H and O–H groups in total. The van der Waals surface area contributed by atoms with E-state index in [2.05, 4.69) is 230 Å². The van der Waals surface area contributed by atoms with E-state index in [1.165, 1.54) is 49.6 Å². The predicted octanol–water partition coefficient (Wildman–Crippen LogP) is 15.8. The van der Waals surface area contributed by atoms with Crippen molar-refractivity contribution in [3.8, 4) is 39.1 Å². The quantitative estimate of drug-likeness (QED) is 0.168. The molecule has 0 fully saturated rings. The molecule has 0 saturated heterocycles. The second-order valence-electron chi connectivity index (χ2n) is 16.5. The van der Waals surface area contributed by atoms with Crippen LogP contribution < -0.4 is 4.90 Å². The Kier molecular flexibility index (Phi) is 7.58. The zero-order valence-corrected chi connectivity index (χ0v) is 33.4. The number of para-hydroxylation sites is 3. The van der Waals surface area contributed by atoms with Crippen LogP contribution in [0.5, 0.6) is 0 Å². The second kappa shape index (κ2) is 13.2. The number of hydrogen-bond donors (Lipinski definition) is 0. The van der Waals surface area contributed by atoms with Gasteiger partial charge in [0.1, 0.15) is 11.2 Å². The Morgan fingerprint density at radius 1 is 0.417 bits per heavy atom. The van der Waals surface area contributed by atoms with E-state index in [1.807, 2.05) is 0 Å². The Labute approximate surface area is 349 Å². The van der Waals surface area contributed by atoms with Crippen LogP contribution >= 0.6 is 0 Å². The van der Waals surface area contributed by atoms with Gasteiger partial charge >= 0.3 is 0 Å². The lowest BCUT2D eigenvalue weighted by Crippen LogP contribution is -2.16. The fourth-order valence-electron chi connectivity index (χ4n) is 10.0. The van der Waals surface area contributed by atoms with Crippen LogP contribution in [-0.4, -0.2) is 4.57 Å². The molecule has 1 aliphatic rings. The fraction of sp³-hybridized carbons (Fsp3) is 0.0526. The lowest BCUT2D eigenvalue weighted by Gasteiger charge is -2.31. The molecule has 0 saturated carbocycles. The van der Waals surface area contributed by atoms with Gasteiger partial charge in [-0.3, -0.25) is 0 Å². The maximum Gasteiger partial charge on any atom is 0.137 e. The summed E-state index contributed by atoms with van der Waals surface area (Å²) < 4.78 is 9.25. The van der Waals surface area contributed by atoms with E-state index in [-0.39, 0.29) is 5.41 Å². The summed E-state index contributed by atoms with van der Waals surface area (Å²) in [6.07, 6.45) is 0. The van der Waals surface area contributed by atoms with Gasteiger partial charge in [0.2, 0.25) is 0 Å². The summed E-state index contributed by atoms with van der Waals surface area (Å²) in [4.78, 5) is 2.49. The van der Waals surface area contributed by atoms with Crippen LogP contribution in [-0.2, 0) is 5.41 Å². The molecule has 0 unspecified atom stereocenters. The van der Waals surface area contributed by atoms with Gasteiger partial charge in [-0.15, -0.1) is 0 Å². The molecule has 284 valence electrons. The summed E-state index contributed by atoms with van der Waals surface area (Å²) in [6, 6.07) is 74.7. The third-order valence-electron chi connectivity index (χ3n) is 12.8. The van der Waals surface area contributed by atoms with Crippen LogP contribution in [0.2, 0.25) is 0 Å². The summed E-state index contributed by atoms with van der Waals surface area (Å²) in [7, 11) is 0. The van der Waals surface area contributed by atoms with Crippen molar-refractivity contribution in [1.29, 1.82) is 0 Å². The molecular formula is C57H40N2O. The molecule has 0 radical (unpaired) electrons. The minimum Gasteiger partial charge on any atom is -0.456 e. The van der Waals surface area contributed by atoms with Gasteiger partial charge < -0.3 is 13.9 Å². The Hall–Kier alpha value is -7.62. The first-order chi connectivity index (χ1) is 29.5. The van der Waals surface area contributed by atoms with Crippen molar-refractivity contribution in [2.24, 2.45) is 0 Å². The standard InChI is InChI=1S/C57H40N2O/c1-57(2)46-24-12-9-23-44(46)55-47(57)25-15-28-50(55)59(48-26-13-10-21-41(48)37-17-5-3-6-18-37)51-29-16-30-53-56(51)45-34-32-39(36-54(45)60-53)38-31-33-43-42-22-11-14-27-49(42)58(52(43)35-38)40-19-7-4-8-20-40/h3-36H,1-2H3. The van der Waals surface area contributed by atoms with E-state index in [0.29, 0.717) is 0 Å². The zero-order chi connectivity index (χ0) is 40.0. The Balaban J connectivity index is 1.08. The Morgan fingerprint density at radius 2 is 1.03 bits per heavy atom. The average molecular weight is 769 g/mol. The van der Waals surface area contributed by atoms with Crippen molar-refractivity contribution in [2.45, 2.75) is 19.3 Å². The molecule has 11 aromatic rings. The van der Waals surface area contributed by atoms with Crippen LogP contribution in [0.1, 0.15) is 25.0 Å². The van der Waals surface area contributed by atoms with Gasteiger partial charge in [0, 0.05) is 38.4 Å². The molecule has 3 nitrogen and oxygen atoms in total. The van der Waals surface area contributed by atoms with E-state index in [0.717, 1.165) is 61.4 Å². The largest absolute Gasteiger partial charge is 0.456 e. The van der Waals surface area contributed by atoms with E-state index >= 15 is 0 Å². The van der Waals surface area contributed by atoms with E-state index in [1.54, 1.807) is 0 Å². The molecule has 1 aliphatic carbocycles. The minimum absolute atomic E-state index is 0.143. The number of fused-ring (bicyclic) bond motifs is 9. The van der Waals surface area contributed by atoms with Gasteiger partial charge in [0.05, 0.1) is 33.5 Å². The number of benzene rings is 9. The third-order valence-corrected chi connectivity index (χ3v) is 12.8. The van der Waals surface area contributed by atoms with Crippen molar-refractivity contribution in [3.05, 3.63) is 217 Å². The zero-order valence-electron chi connectivity index (χ0n) is 33.4. The van der Waals surface area contributed by atoms with Crippen LogP contribution in [0.4, 0.5) is 17.1 Å². The topological polar surface area (TPSA) is 21.3 Å². The van der Waals surface area contributed by atoms with E-state index in [4.69, 9.17) is 4.42 Å². The van der Waals surface area contributed by atoms with Crippen LogP contribution in [0.15, 0.2) is 211 Å². The molecule has 0 aliphatic heterocycles. The minimum atomic E-state index is -0.143. The molecule has 0 atom stereocenters. The normalized spacial score (nSPS) is 13.0. The summed E-state index contributed by atoms with van der Waals surface area (Å²) in [5.74, 6) is 0. The molecule has 9 aromatic carbocycles. The maximum absolute atomic E-state index is 6.87. The number of anilines is 3. The first kappa shape index (κ1) is 34.4. The number of rotatable bonds is 6. The molecule has 0 amide bonds. The SMILES string of the molecule is CC1(C)c2ccccc2-c2c(N(c3ccccc3-c3ccccc3)c3cccc4oc5cc(-c6ccc7c8ccccc8n(-c8ccccc8)c7c6)ccc5c34)cccc21. The van der Waals surface area contributed by atoms with Crippen molar-refractivity contribution in [2.75, 3.05) is 4.90 Å². The van der Waals surface area contributed by atoms with Crippen molar-refractivity contribution in [1.82, 2.24) is 4.57 Å². The highest BCUT2D eigenvalue weighted by Crippen LogP contribution is 2.56. The molecule has 60 heavy (non-hydrogen) atoms. The number of nitrogens with zero attached hydrogens (tertiary/aromatic N) is 2. The first-order valence-electron chi connectivity index (χ1n) is 20.8. The molecule has 0 spiro atoms. The van der Waals surface area contributed by atoms with Gasteiger partial charge in [-0.2, -0.15) is 0 Å². The summed E-state index contributed by atoms with van der Waals surface area (Å²) in [5.41, 5.74) is 18.3. The van der Waals surface area contributed by atoms with Crippen molar-refractivity contribution < 1.29 is 4.42 Å². The molecule has 12 rings (SSSR count). The van der Waals surface area contributed by atoms with Crippen molar-refractivity contribution in [3.63, 3.8) is 0 Å². The van der Waals surface area contributed by atoms with Crippen LogP contribution in [0.25, 0.3) is 82.8 Å². The molecule has 2 heterocycles. The fourth-order valence-corrected chi connectivity index (χ4v) is 10.0. The van der Waals surface area contributed by atoms with Gasteiger partial charge in [0.15, 0.2) is 0 Å². The van der Waals surface area contributed by atoms with Gasteiger partial charge in [-0.25, -0.2) is 0 Å². The average Bonchev–Trinajstić information content (AvgIpc) is 3.92. The number of furan rings is 1. The monoisotopic (exact) mass is 768 g/mol.